The van der Waals surface area contributed by atoms with Crippen LogP contribution in [0.4, 0.5) is 0 Å². The van der Waals surface area contributed by atoms with E-state index in [1.165, 1.54) is 0 Å². The van der Waals surface area contributed by atoms with Crippen molar-refractivity contribution in [2.24, 2.45) is 0 Å². The lowest BCUT2D eigenvalue weighted by Crippen LogP contribution is -2.06. The van der Waals surface area contributed by atoms with E-state index < -0.39 is 5.56 Å². The molecule has 0 aliphatic rings. The summed E-state index contributed by atoms with van der Waals surface area (Å²) in [6.45, 7) is 0. The minimum Gasteiger partial charge on any atom is -0.503 e. The zero-order valence-corrected chi connectivity index (χ0v) is 14.1. The van der Waals surface area contributed by atoms with Crippen molar-refractivity contribution in [1.82, 2.24) is 20.0 Å². The van der Waals surface area contributed by atoms with Crippen molar-refractivity contribution in [3.63, 3.8) is 0 Å². The van der Waals surface area contributed by atoms with Crippen LogP contribution in [-0.2, 0) is 12.8 Å². The molecule has 0 aliphatic carbocycles. The highest BCUT2D eigenvalue weighted by atomic mass is 16.3. The molecule has 0 saturated carbocycles. The average Bonchev–Trinajstić information content (AvgIpc) is 3.11. The zero-order chi connectivity index (χ0) is 17.5. The molecule has 130 valence electrons. The number of hydrogen-bond acceptors (Lipinski definition) is 4. The predicted octanol–water partition coefficient (Wildman–Crippen LogP) is 3.01. The molecule has 2 aromatic heterocycles. The Morgan fingerprint density at radius 3 is 2.56 bits per heavy atom. The summed E-state index contributed by atoms with van der Waals surface area (Å²) < 4.78 is 1.80. The minimum absolute atomic E-state index is 0.153. The number of rotatable bonds is 8. The van der Waals surface area contributed by atoms with E-state index in [-0.39, 0.29) is 5.75 Å². The van der Waals surface area contributed by atoms with E-state index in [1.807, 2.05) is 36.5 Å². The molecule has 2 heterocycles. The second-order valence-corrected chi connectivity index (χ2v) is 6.08. The highest BCUT2D eigenvalue weighted by molar-refractivity contribution is 5.30. The number of aryl methyl sites for hydroxylation is 2. The van der Waals surface area contributed by atoms with Gasteiger partial charge in [-0.1, -0.05) is 36.3 Å². The van der Waals surface area contributed by atoms with E-state index in [0.29, 0.717) is 0 Å². The second-order valence-electron chi connectivity index (χ2n) is 6.08. The SMILES string of the molecule is O=c1[nH]ccc(CCCCCCc2cn(-c3ccccc3)nn2)c1O. The molecule has 6 nitrogen and oxygen atoms in total. The topological polar surface area (TPSA) is 83.8 Å². The number of aromatic hydroxyl groups is 1. The van der Waals surface area contributed by atoms with Gasteiger partial charge < -0.3 is 10.1 Å². The Kier molecular flexibility index (Phi) is 5.61. The minimum atomic E-state index is -0.418. The third-order valence-electron chi connectivity index (χ3n) is 4.21. The van der Waals surface area contributed by atoms with Crippen LogP contribution in [-0.4, -0.2) is 25.1 Å². The molecule has 3 aromatic rings. The Morgan fingerprint density at radius 2 is 1.76 bits per heavy atom. The van der Waals surface area contributed by atoms with Gasteiger partial charge in [-0.3, -0.25) is 4.79 Å². The van der Waals surface area contributed by atoms with Gasteiger partial charge >= 0.3 is 0 Å². The number of nitrogens with one attached hydrogen (secondary N) is 1. The van der Waals surface area contributed by atoms with Crippen LogP contribution < -0.4 is 5.56 Å². The molecule has 2 N–H and O–H groups in total. The van der Waals surface area contributed by atoms with Crippen LogP contribution in [0.2, 0.25) is 0 Å². The number of hydrogen-bond donors (Lipinski definition) is 2. The summed E-state index contributed by atoms with van der Waals surface area (Å²) >= 11 is 0. The first-order valence-electron chi connectivity index (χ1n) is 8.60. The summed E-state index contributed by atoms with van der Waals surface area (Å²) in [6.07, 6.45) is 9.32. The highest BCUT2D eigenvalue weighted by Crippen LogP contribution is 2.15. The Balaban J connectivity index is 1.38. The van der Waals surface area contributed by atoms with Gasteiger partial charge in [0.2, 0.25) is 0 Å². The molecule has 0 atom stereocenters. The van der Waals surface area contributed by atoms with Crippen LogP contribution in [0.15, 0.2) is 53.6 Å². The van der Waals surface area contributed by atoms with Gasteiger partial charge in [-0.15, -0.1) is 5.10 Å². The van der Waals surface area contributed by atoms with E-state index in [1.54, 1.807) is 16.9 Å². The summed E-state index contributed by atoms with van der Waals surface area (Å²) in [4.78, 5) is 13.8. The van der Waals surface area contributed by atoms with Crippen LogP contribution in [0.3, 0.4) is 0 Å². The summed E-state index contributed by atoms with van der Waals surface area (Å²) in [5.74, 6) is -0.153. The van der Waals surface area contributed by atoms with Crippen molar-refractivity contribution in [3.8, 4) is 11.4 Å². The van der Waals surface area contributed by atoms with Gasteiger partial charge in [-0.25, -0.2) is 4.68 Å². The smallest absolute Gasteiger partial charge is 0.290 e. The van der Waals surface area contributed by atoms with Crippen molar-refractivity contribution in [2.75, 3.05) is 0 Å². The predicted molar refractivity (Wildman–Crippen MR) is 96.0 cm³/mol. The molecule has 0 saturated heterocycles. The maximum absolute atomic E-state index is 11.3. The lowest BCUT2D eigenvalue weighted by Gasteiger charge is -2.03. The van der Waals surface area contributed by atoms with E-state index >= 15 is 0 Å². The largest absolute Gasteiger partial charge is 0.503 e. The first-order valence-corrected chi connectivity index (χ1v) is 8.60. The maximum Gasteiger partial charge on any atom is 0.290 e. The van der Waals surface area contributed by atoms with Crippen LogP contribution in [0.25, 0.3) is 5.69 Å². The summed E-state index contributed by atoms with van der Waals surface area (Å²) in [5.41, 5.74) is 2.31. The Bertz CT molecular complexity index is 855. The van der Waals surface area contributed by atoms with Crippen molar-refractivity contribution >= 4 is 0 Å². The molecule has 6 heteroatoms. The van der Waals surface area contributed by atoms with E-state index in [0.717, 1.165) is 55.5 Å². The third-order valence-corrected chi connectivity index (χ3v) is 4.21. The van der Waals surface area contributed by atoms with Crippen molar-refractivity contribution in [1.29, 1.82) is 0 Å². The molecule has 1 aromatic carbocycles. The van der Waals surface area contributed by atoms with Crippen LogP contribution in [0.1, 0.15) is 36.9 Å². The van der Waals surface area contributed by atoms with Crippen molar-refractivity contribution in [3.05, 3.63) is 70.4 Å². The molecule has 0 amide bonds. The maximum atomic E-state index is 11.3. The molecular weight excluding hydrogens is 316 g/mol. The third kappa shape index (κ3) is 4.56. The fourth-order valence-corrected chi connectivity index (χ4v) is 2.81. The lowest BCUT2D eigenvalue weighted by atomic mass is 10.1. The number of aromatic amines is 1. The van der Waals surface area contributed by atoms with Crippen molar-refractivity contribution in [2.45, 2.75) is 38.5 Å². The summed E-state index contributed by atoms with van der Waals surface area (Å²) in [6, 6.07) is 11.7. The van der Waals surface area contributed by atoms with Crippen LogP contribution in [0, 0.1) is 0 Å². The Hall–Kier alpha value is -2.89. The molecule has 3 rings (SSSR count). The number of nitrogens with zero attached hydrogens (tertiary/aromatic N) is 3. The standard InChI is InChI=1S/C19H22N4O2/c24-18-15(12-13-20-19(18)25)8-4-1-2-5-9-16-14-23(22-21-16)17-10-6-3-7-11-17/h3,6-7,10-14,24H,1-2,4-5,8-9H2,(H,20,25). The highest BCUT2D eigenvalue weighted by Gasteiger charge is 2.05. The first kappa shape index (κ1) is 17.0. The second kappa shape index (κ2) is 8.28. The molecule has 0 fully saturated rings. The number of pyridine rings is 1. The number of unbranched alkanes of at least 4 members (excludes halogenated alkanes) is 3. The summed E-state index contributed by atoms with van der Waals surface area (Å²) in [5, 5.41) is 18.1. The molecule has 0 spiro atoms. The van der Waals surface area contributed by atoms with Gasteiger partial charge in [0.05, 0.1) is 17.6 Å². The van der Waals surface area contributed by atoms with Crippen LogP contribution >= 0.6 is 0 Å². The Morgan fingerprint density at radius 1 is 1.00 bits per heavy atom. The Labute approximate surface area is 146 Å². The fraction of sp³-hybridized carbons (Fsp3) is 0.316. The normalized spacial score (nSPS) is 10.9. The van der Waals surface area contributed by atoms with E-state index in [2.05, 4.69) is 15.3 Å². The molecule has 0 radical (unpaired) electrons. The molecule has 25 heavy (non-hydrogen) atoms. The average molecular weight is 338 g/mol. The lowest BCUT2D eigenvalue weighted by molar-refractivity contribution is 0.457. The van der Waals surface area contributed by atoms with Gasteiger partial charge in [-0.05, 0) is 43.9 Å². The number of benzene rings is 1. The first-order chi connectivity index (χ1) is 12.2. The van der Waals surface area contributed by atoms with Gasteiger partial charge in [0.1, 0.15) is 0 Å². The monoisotopic (exact) mass is 338 g/mol. The molecule has 0 aliphatic heterocycles. The molecule has 0 bridgehead atoms. The van der Waals surface area contributed by atoms with Crippen LogP contribution in [0.5, 0.6) is 5.75 Å². The van der Waals surface area contributed by atoms with Gasteiger partial charge in [0.15, 0.2) is 5.75 Å². The van der Waals surface area contributed by atoms with Gasteiger partial charge in [-0.2, -0.15) is 0 Å². The van der Waals surface area contributed by atoms with E-state index in [9.17, 15) is 9.90 Å². The van der Waals surface area contributed by atoms with Gasteiger partial charge in [0, 0.05) is 11.8 Å². The molecule has 0 unspecified atom stereocenters. The number of aromatic nitrogens is 4. The van der Waals surface area contributed by atoms with Crippen molar-refractivity contribution < 1.29 is 5.11 Å². The van der Waals surface area contributed by atoms with E-state index in [4.69, 9.17) is 0 Å². The zero-order valence-electron chi connectivity index (χ0n) is 14.1. The fourth-order valence-electron chi connectivity index (χ4n) is 2.81. The quantitative estimate of drug-likeness (QED) is 0.618. The molecular formula is C19H22N4O2. The van der Waals surface area contributed by atoms with Gasteiger partial charge in [0.25, 0.3) is 5.56 Å². The number of H-pyrrole nitrogens is 1. The number of para-hydroxylation sites is 1. The summed E-state index contributed by atoms with van der Waals surface area (Å²) in [7, 11) is 0.